The van der Waals surface area contributed by atoms with Crippen LogP contribution in [0.5, 0.6) is 17.2 Å². The minimum atomic E-state index is 0.372. The fourth-order valence-corrected chi connectivity index (χ4v) is 2.48. The van der Waals surface area contributed by atoms with Gasteiger partial charge in [0.1, 0.15) is 6.61 Å². The summed E-state index contributed by atoms with van der Waals surface area (Å²) < 4.78 is 27.4. The van der Waals surface area contributed by atoms with Crippen molar-refractivity contribution < 1.29 is 23.7 Å². The molecule has 2 rings (SSSR count). The lowest BCUT2D eigenvalue weighted by Crippen LogP contribution is -2.29. The number of para-hydroxylation sites is 1. The van der Waals surface area contributed by atoms with E-state index in [2.05, 4.69) is 5.32 Å². The lowest BCUT2D eigenvalue weighted by atomic mass is 10.2. The zero-order chi connectivity index (χ0) is 16.3. The number of methoxy groups -OCH3 is 2. The molecule has 1 atom stereocenters. The van der Waals surface area contributed by atoms with Gasteiger partial charge in [-0.25, -0.2) is 0 Å². The zero-order valence-corrected chi connectivity index (χ0v) is 14.0. The van der Waals surface area contributed by atoms with Gasteiger partial charge in [0, 0.05) is 19.7 Å². The third kappa shape index (κ3) is 5.89. The highest BCUT2D eigenvalue weighted by atomic mass is 16.6. The van der Waals surface area contributed by atoms with Crippen LogP contribution in [0.25, 0.3) is 0 Å². The lowest BCUT2D eigenvalue weighted by Gasteiger charge is -2.14. The van der Waals surface area contributed by atoms with Gasteiger partial charge in [-0.1, -0.05) is 6.07 Å². The van der Waals surface area contributed by atoms with Gasteiger partial charge in [0.05, 0.1) is 33.5 Å². The summed E-state index contributed by atoms with van der Waals surface area (Å²) in [5, 5.41) is 3.34. The Labute approximate surface area is 138 Å². The average molecular weight is 325 g/mol. The second-order valence-corrected chi connectivity index (χ2v) is 5.29. The highest BCUT2D eigenvalue weighted by Gasteiger charge is 2.14. The standard InChI is InChI=1S/C17H27NO5/c1-19-15-6-3-7-16(20-2)17(15)23-12-11-21-10-8-18-13-14-5-4-9-22-14/h3,6-7,14,18H,4-5,8-13H2,1-2H3/t14-/m0/s1. The van der Waals surface area contributed by atoms with Gasteiger partial charge >= 0.3 is 0 Å². The normalized spacial score (nSPS) is 17.2. The van der Waals surface area contributed by atoms with Crippen LogP contribution < -0.4 is 19.5 Å². The Morgan fingerprint density at radius 3 is 2.57 bits per heavy atom. The Balaban J connectivity index is 1.56. The van der Waals surface area contributed by atoms with Crippen LogP contribution in [0.3, 0.4) is 0 Å². The van der Waals surface area contributed by atoms with Crippen molar-refractivity contribution in [1.29, 1.82) is 0 Å². The van der Waals surface area contributed by atoms with Gasteiger partial charge in [-0.3, -0.25) is 0 Å². The van der Waals surface area contributed by atoms with E-state index in [1.165, 1.54) is 6.42 Å². The molecule has 1 aliphatic rings. The van der Waals surface area contributed by atoms with Crippen molar-refractivity contribution in [2.45, 2.75) is 18.9 Å². The minimum absolute atomic E-state index is 0.372. The minimum Gasteiger partial charge on any atom is -0.493 e. The smallest absolute Gasteiger partial charge is 0.203 e. The number of benzene rings is 1. The number of hydrogen-bond donors (Lipinski definition) is 1. The third-order valence-electron chi connectivity index (χ3n) is 3.68. The van der Waals surface area contributed by atoms with Crippen molar-refractivity contribution in [1.82, 2.24) is 5.32 Å². The molecule has 23 heavy (non-hydrogen) atoms. The fourth-order valence-electron chi connectivity index (χ4n) is 2.48. The molecule has 0 amide bonds. The fraction of sp³-hybridized carbons (Fsp3) is 0.647. The predicted octanol–water partition coefficient (Wildman–Crippen LogP) is 1.87. The number of hydrogen-bond acceptors (Lipinski definition) is 6. The Morgan fingerprint density at radius 1 is 1.13 bits per heavy atom. The molecule has 0 saturated carbocycles. The van der Waals surface area contributed by atoms with E-state index in [0.717, 1.165) is 26.1 Å². The Kier molecular flexibility index (Phi) is 8.00. The molecule has 1 N–H and O–H groups in total. The molecule has 1 saturated heterocycles. The van der Waals surface area contributed by atoms with Crippen molar-refractivity contribution >= 4 is 0 Å². The summed E-state index contributed by atoms with van der Waals surface area (Å²) in [7, 11) is 3.22. The van der Waals surface area contributed by atoms with E-state index >= 15 is 0 Å². The molecule has 0 aromatic heterocycles. The van der Waals surface area contributed by atoms with Crippen LogP contribution in [-0.4, -0.2) is 59.8 Å². The SMILES string of the molecule is COc1cccc(OC)c1OCCOCCNC[C@@H]1CCCO1. The van der Waals surface area contributed by atoms with E-state index in [4.69, 9.17) is 23.7 Å². The van der Waals surface area contributed by atoms with Gasteiger partial charge < -0.3 is 29.0 Å². The Morgan fingerprint density at radius 2 is 1.91 bits per heavy atom. The first kappa shape index (κ1) is 17.8. The maximum Gasteiger partial charge on any atom is 0.203 e. The van der Waals surface area contributed by atoms with E-state index in [-0.39, 0.29) is 0 Å². The van der Waals surface area contributed by atoms with E-state index in [1.54, 1.807) is 14.2 Å². The highest BCUT2D eigenvalue weighted by molar-refractivity contribution is 5.51. The Bertz CT molecular complexity index is 426. The largest absolute Gasteiger partial charge is 0.493 e. The number of nitrogens with one attached hydrogen (secondary N) is 1. The second kappa shape index (κ2) is 10.3. The summed E-state index contributed by atoms with van der Waals surface area (Å²) in [4.78, 5) is 0. The van der Waals surface area contributed by atoms with Crippen LogP contribution in [0, 0.1) is 0 Å². The van der Waals surface area contributed by atoms with Crippen LogP contribution in [-0.2, 0) is 9.47 Å². The highest BCUT2D eigenvalue weighted by Crippen LogP contribution is 2.36. The first-order valence-corrected chi connectivity index (χ1v) is 8.09. The molecule has 0 aliphatic carbocycles. The maximum absolute atomic E-state index is 5.72. The van der Waals surface area contributed by atoms with E-state index in [1.807, 2.05) is 18.2 Å². The van der Waals surface area contributed by atoms with E-state index in [0.29, 0.717) is 43.2 Å². The first-order valence-electron chi connectivity index (χ1n) is 8.09. The maximum atomic E-state index is 5.72. The van der Waals surface area contributed by atoms with E-state index < -0.39 is 0 Å². The topological polar surface area (TPSA) is 58.2 Å². The van der Waals surface area contributed by atoms with Crippen molar-refractivity contribution in [3.8, 4) is 17.2 Å². The van der Waals surface area contributed by atoms with Crippen molar-refractivity contribution in [3.63, 3.8) is 0 Å². The number of ether oxygens (including phenoxy) is 5. The van der Waals surface area contributed by atoms with Crippen LogP contribution in [0.15, 0.2) is 18.2 Å². The molecule has 1 aromatic carbocycles. The molecular weight excluding hydrogens is 298 g/mol. The average Bonchev–Trinajstić information content (AvgIpc) is 3.10. The third-order valence-corrected chi connectivity index (χ3v) is 3.68. The molecule has 1 aromatic rings. The predicted molar refractivity (Wildman–Crippen MR) is 87.7 cm³/mol. The molecule has 0 radical (unpaired) electrons. The van der Waals surface area contributed by atoms with Crippen LogP contribution in [0.4, 0.5) is 0 Å². The van der Waals surface area contributed by atoms with Gasteiger partial charge in [-0.05, 0) is 25.0 Å². The number of rotatable bonds is 11. The van der Waals surface area contributed by atoms with Gasteiger partial charge in [0.2, 0.25) is 5.75 Å². The van der Waals surface area contributed by atoms with Crippen molar-refractivity contribution in [2.24, 2.45) is 0 Å². The van der Waals surface area contributed by atoms with Crippen molar-refractivity contribution in [3.05, 3.63) is 18.2 Å². The zero-order valence-electron chi connectivity index (χ0n) is 14.0. The van der Waals surface area contributed by atoms with Crippen LogP contribution in [0.2, 0.25) is 0 Å². The van der Waals surface area contributed by atoms with Gasteiger partial charge in [0.25, 0.3) is 0 Å². The van der Waals surface area contributed by atoms with Gasteiger partial charge in [0.15, 0.2) is 11.5 Å². The van der Waals surface area contributed by atoms with Crippen molar-refractivity contribution in [2.75, 3.05) is 53.7 Å². The lowest BCUT2D eigenvalue weighted by molar-refractivity contribution is 0.0894. The van der Waals surface area contributed by atoms with Gasteiger partial charge in [-0.15, -0.1) is 0 Å². The van der Waals surface area contributed by atoms with Crippen LogP contribution >= 0.6 is 0 Å². The molecule has 6 heteroatoms. The molecule has 6 nitrogen and oxygen atoms in total. The first-order chi connectivity index (χ1) is 11.3. The quantitative estimate of drug-likeness (QED) is 0.627. The van der Waals surface area contributed by atoms with E-state index in [9.17, 15) is 0 Å². The molecule has 1 heterocycles. The summed E-state index contributed by atoms with van der Waals surface area (Å²) in [5.74, 6) is 1.92. The Hall–Kier alpha value is -1.50. The summed E-state index contributed by atoms with van der Waals surface area (Å²) in [6.07, 6.45) is 2.70. The summed E-state index contributed by atoms with van der Waals surface area (Å²) in [6, 6.07) is 5.54. The summed E-state index contributed by atoms with van der Waals surface area (Å²) in [5.41, 5.74) is 0. The molecular formula is C17H27NO5. The van der Waals surface area contributed by atoms with Crippen LogP contribution in [0.1, 0.15) is 12.8 Å². The van der Waals surface area contributed by atoms with Gasteiger partial charge in [-0.2, -0.15) is 0 Å². The molecule has 0 spiro atoms. The molecule has 1 fully saturated rings. The molecule has 1 aliphatic heterocycles. The summed E-state index contributed by atoms with van der Waals surface area (Å²) in [6.45, 7) is 4.23. The monoisotopic (exact) mass is 325 g/mol. The second-order valence-electron chi connectivity index (χ2n) is 5.29. The molecule has 130 valence electrons. The summed E-state index contributed by atoms with van der Waals surface area (Å²) >= 11 is 0. The molecule has 0 unspecified atom stereocenters. The molecule has 0 bridgehead atoms.